The van der Waals surface area contributed by atoms with Gasteiger partial charge in [0.1, 0.15) is 18.3 Å². The Balaban J connectivity index is 2.08. The Kier molecular flexibility index (Phi) is 10.7. The number of carbonyl (C=O) groups is 2. The Hall–Kier alpha value is -3.85. The molecule has 0 fully saturated rings. The summed E-state index contributed by atoms with van der Waals surface area (Å²) in [6, 6.07) is 20.0. The third-order valence-electron chi connectivity index (χ3n) is 6.53. The van der Waals surface area contributed by atoms with Gasteiger partial charge in [-0.2, -0.15) is 0 Å². The first-order chi connectivity index (χ1) is 19.1. The highest BCUT2D eigenvalue weighted by Crippen LogP contribution is 2.27. The molecule has 0 aliphatic heterocycles. The molecule has 0 unspecified atom stereocenters. The highest BCUT2D eigenvalue weighted by molar-refractivity contribution is 7.92. The van der Waals surface area contributed by atoms with Crippen molar-refractivity contribution in [3.63, 3.8) is 0 Å². The first kappa shape index (κ1) is 30.7. The van der Waals surface area contributed by atoms with E-state index in [-0.39, 0.29) is 17.3 Å². The zero-order valence-corrected chi connectivity index (χ0v) is 24.7. The molecule has 0 bridgehead atoms. The molecule has 3 aromatic carbocycles. The SMILES string of the molecule is CCCNC(=O)[C@H](CC)N(Cc1cccc(OC)c1)C(=O)CN(c1cc(C)cc(C)c1)S(=O)(=O)c1ccccc1. The molecule has 0 saturated heterocycles. The topological polar surface area (TPSA) is 96.0 Å². The second-order valence-electron chi connectivity index (χ2n) is 9.76. The molecule has 40 heavy (non-hydrogen) atoms. The number of hydrogen-bond acceptors (Lipinski definition) is 5. The molecule has 8 nitrogen and oxygen atoms in total. The van der Waals surface area contributed by atoms with E-state index in [0.717, 1.165) is 27.4 Å². The molecule has 0 spiro atoms. The van der Waals surface area contributed by atoms with E-state index in [1.165, 1.54) is 17.0 Å². The molecule has 1 atom stereocenters. The first-order valence-electron chi connectivity index (χ1n) is 13.5. The summed E-state index contributed by atoms with van der Waals surface area (Å²) in [5.41, 5.74) is 2.89. The van der Waals surface area contributed by atoms with Crippen molar-refractivity contribution >= 4 is 27.5 Å². The predicted molar refractivity (Wildman–Crippen MR) is 158 cm³/mol. The Morgan fingerprint density at radius 1 is 0.925 bits per heavy atom. The van der Waals surface area contributed by atoms with Crippen molar-refractivity contribution in [1.29, 1.82) is 0 Å². The van der Waals surface area contributed by atoms with E-state index in [1.807, 2.05) is 45.9 Å². The summed E-state index contributed by atoms with van der Waals surface area (Å²) in [6.45, 7) is 7.67. The zero-order valence-electron chi connectivity index (χ0n) is 23.9. The number of rotatable bonds is 13. The van der Waals surface area contributed by atoms with E-state index >= 15 is 0 Å². The number of hydrogen-bond donors (Lipinski definition) is 1. The van der Waals surface area contributed by atoms with Crippen LogP contribution in [0.25, 0.3) is 0 Å². The van der Waals surface area contributed by atoms with Crippen molar-refractivity contribution in [3.05, 3.63) is 89.5 Å². The number of carbonyl (C=O) groups excluding carboxylic acids is 2. The maximum Gasteiger partial charge on any atom is 0.264 e. The zero-order chi connectivity index (χ0) is 29.3. The number of methoxy groups -OCH3 is 1. The second-order valence-corrected chi connectivity index (χ2v) is 11.6. The van der Waals surface area contributed by atoms with Gasteiger partial charge < -0.3 is 15.0 Å². The van der Waals surface area contributed by atoms with E-state index in [1.54, 1.807) is 49.6 Å². The average molecular weight is 566 g/mol. The lowest BCUT2D eigenvalue weighted by molar-refractivity contribution is -0.140. The molecule has 0 aliphatic rings. The minimum atomic E-state index is -4.10. The van der Waals surface area contributed by atoms with E-state index in [0.29, 0.717) is 24.4 Å². The number of nitrogens with one attached hydrogen (secondary N) is 1. The highest BCUT2D eigenvalue weighted by atomic mass is 32.2. The summed E-state index contributed by atoms with van der Waals surface area (Å²) in [5, 5.41) is 2.89. The van der Waals surface area contributed by atoms with Gasteiger partial charge in [-0.05, 0) is 79.8 Å². The molecule has 0 aromatic heterocycles. The quantitative estimate of drug-likeness (QED) is 0.320. The van der Waals surface area contributed by atoms with Crippen LogP contribution in [0.5, 0.6) is 5.75 Å². The summed E-state index contributed by atoms with van der Waals surface area (Å²) in [6.07, 6.45) is 1.11. The molecule has 3 rings (SSSR count). The minimum absolute atomic E-state index is 0.0778. The van der Waals surface area contributed by atoms with E-state index < -0.39 is 28.5 Å². The van der Waals surface area contributed by atoms with Crippen molar-refractivity contribution in [2.75, 3.05) is 24.5 Å². The Labute approximate surface area is 238 Å². The summed E-state index contributed by atoms with van der Waals surface area (Å²) < 4.78 is 34.3. The Bertz CT molecular complexity index is 1390. The molecular weight excluding hydrogens is 526 g/mol. The number of sulfonamides is 1. The average Bonchev–Trinajstić information content (AvgIpc) is 2.94. The lowest BCUT2D eigenvalue weighted by Gasteiger charge is -2.33. The van der Waals surface area contributed by atoms with Gasteiger partial charge in [0.05, 0.1) is 17.7 Å². The lowest BCUT2D eigenvalue weighted by Crippen LogP contribution is -2.52. The Morgan fingerprint density at radius 2 is 1.60 bits per heavy atom. The second kappa shape index (κ2) is 14.0. The molecule has 1 N–H and O–H groups in total. The van der Waals surface area contributed by atoms with Gasteiger partial charge in [-0.3, -0.25) is 13.9 Å². The van der Waals surface area contributed by atoms with E-state index in [2.05, 4.69) is 5.32 Å². The van der Waals surface area contributed by atoms with Crippen molar-refractivity contribution in [1.82, 2.24) is 10.2 Å². The van der Waals surface area contributed by atoms with Crippen LogP contribution in [0, 0.1) is 13.8 Å². The van der Waals surface area contributed by atoms with Gasteiger partial charge >= 0.3 is 0 Å². The fourth-order valence-electron chi connectivity index (χ4n) is 4.60. The molecule has 9 heteroatoms. The molecule has 2 amide bonds. The van der Waals surface area contributed by atoms with Gasteiger partial charge in [0.2, 0.25) is 11.8 Å². The normalized spacial score (nSPS) is 11.9. The van der Waals surface area contributed by atoms with Crippen LogP contribution in [-0.2, 0) is 26.2 Å². The van der Waals surface area contributed by atoms with Crippen molar-refractivity contribution in [2.45, 2.75) is 58.0 Å². The number of nitrogens with zero attached hydrogens (tertiary/aromatic N) is 2. The van der Waals surface area contributed by atoms with Crippen LogP contribution in [0.1, 0.15) is 43.4 Å². The van der Waals surface area contributed by atoms with Crippen LogP contribution < -0.4 is 14.4 Å². The fourth-order valence-corrected chi connectivity index (χ4v) is 6.01. The highest BCUT2D eigenvalue weighted by Gasteiger charge is 2.33. The standard InChI is InChI=1S/C31H39N3O5S/c1-6-16-32-31(36)29(7-2)33(21-25-12-11-13-27(20-25)39-5)30(35)22-34(26-18-23(3)17-24(4)19-26)40(37,38)28-14-9-8-10-15-28/h8-15,17-20,29H,6-7,16,21-22H2,1-5H3,(H,32,36)/t29-/m0/s1. The van der Waals surface area contributed by atoms with Crippen molar-refractivity contribution in [3.8, 4) is 5.75 Å². The maximum atomic E-state index is 14.1. The van der Waals surface area contributed by atoms with Gasteiger partial charge in [0, 0.05) is 13.1 Å². The van der Waals surface area contributed by atoms with Gasteiger partial charge in [0.15, 0.2) is 0 Å². The molecule has 0 saturated carbocycles. The van der Waals surface area contributed by atoms with E-state index in [9.17, 15) is 18.0 Å². The van der Waals surface area contributed by atoms with Crippen LogP contribution in [0.2, 0.25) is 0 Å². The van der Waals surface area contributed by atoms with Crippen LogP contribution >= 0.6 is 0 Å². The Morgan fingerprint density at radius 3 is 2.20 bits per heavy atom. The molecule has 214 valence electrons. The number of ether oxygens (including phenoxy) is 1. The number of anilines is 1. The molecule has 0 heterocycles. The molecule has 3 aromatic rings. The third kappa shape index (κ3) is 7.63. The number of benzene rings is 3. The lowest BCUT2D eigenvalue weighted by atomic mass is 10.1. The minimum Gasteiger partial charge on any atom is -0.497 e. The van der Waals surface area contributed by atoms with Gasteiger partial charge in [0.25, 0.3) is 10.0 Å². The molecule has 0 radical (unpaired) electrons. The van der Waals surface area contributed by atoms with Crippen LogP contribution in [0.15, 0.2) is 77.7 Å². The summed E-state index contributed by atoms with van der Waals surface area (Å²) >= 11 is 0. The van der Waals surface area contributed by atoms with Gasteiger partial charge in [-0.25, -0.2) is 8.42 Å². The number of aryl methyl sites for hydroxylation is 2. The maximum absolute atomic E-state index is 14.1. The number of amides is 2. The van der Waals surface area contributed by atoms with Crippen molar-refractivity contribution < 1.29 is 22.7 Å². The largest absolute Gasteiger partial charge is 0.497 e. The van der Waals surface area contributed by atoms with Gasteiger partial charge in [-0.15, -0.1) is 0 Å². The smallest absolute Gasteiger partial charge is 0.264 e. The monoisotopic (exact) mass is 565 g/mol. The van der Waals surface area contributed by atoms with Crippen LogP contribution in [0.4, 0.5) is 5.69 Å². The summed E-state index contributed by atoms with van der Waals surface area (Å²) in [7, 11) is -2.54. The van der Waals surface area contributed by atoms with Crippen LogP contribution in [0.3, 0.4) is 0 Å². The third-order valence-corrected chi connectivity index (χ3v) is 8.31. The predicted octanol–water partition coefficient (Wildman–Crippen LogP) is 4.84. The molecule has 0 aliphatic carbocycles. The summed E-state index contributed by atoms with van der Waals surface area (Å²) in [5.74, 6) is -0.138. The molecular formula is C31H39N3O5S. The fraction of sp³-hybridized carbons (Fsp3) is 0.355. The van der Waals surface area contributed by atoms with Crippen LogP contribution in [-0.4, -0.2) is 51.4 Å². The van der Waals surface area contributed by atoms with Crippen molar-refractivity contribution in [2.24, 2.45) is 0 Å². The van der Waals surface area contributed by atoms with Gasteiger partial charge in [-0.1, -0.05) is 50.2 Å². The van der Waals surface area contributed by atoms with E-state index in [4.69, 9.17) is 4.74 Å². The first-order valence-corrected chi connectivity index (χ1v) is 14.9. The summed E-state index contributed by atoms with van der Waals surface area (Å²) in [4.78, 5) is 28.9.